The lowest BCUT2D eigenvalue weighted by atomic mass is 10.1. The van der Waals surface area contributed by atoms with Gasteiger partial charge in [0, 0.05) is 29.2 Å². The van der Waals surface area contributed by atoms with Gasteiger partial charge >= 0.3 is 5.97 Å². The van der Waals surface area contributed by atoms with Crippen LogP contribution in [0, 0.1) is 6.92 Å². The quantitative estimate of drug-likeness (QED) is 0.766. The van der Waals surface area contributed by atoms with Crippen molar-refractivity contribution in [2.45, 2.75) is 27.0 Å². The molecule has 2 aromatic carbocycles. The predicted molar refractivity (Wildman–Crippen MR) is 90.1 cm³/mol. The minimum absolute atomic E-state index is 0.318. The van der Waals surface area contributed by atoms with E-state index in [2.05, 4.69) is 4.57 Å². The Kier molecular flexibility index (Phi) is 4.06. The molecule has 4 heteroatoms. The normalized spacial score (nSPS) is 10.9. The minimum atomic E-state index is -0.915. The summed E-state index contributed by atoms with van der Waals surface area (Å²) >= 11 is 0. The second-order valence-electron chi connectivity index (χ2n) is 5.50. The first-order valence-corrected chi connectivity index (χ1v) is 7.64. The molecule has 4 nitrogen and oxygen atoms in total. The van der Waals surface area contributed by atoms with Crippen molar-refractivity contribution in [1.29, 1.82) is 0 Å². The number of carboxylic acid groups (broad SMARTS) is 1. The van der Waals surface area contributed by atoms with Gasteiger partial charge in [0.05, 0.1) is 5.56 Å². The largest absolute Gasteiger partial charge is 0.489 e. The second-order valence-corrected chi connectivity index (χ2v) is 5.50. The van der Waals surface area contributed by atoms with E-state index in [1.54, 1.807) is 12.1 Å². The summed E-state index contributed by atoms with van der Waals surface area (Å²) in [6, 6.07) is 13.2. The van der Waals surface area contributed by atoms with Crippen LogP contribution in [0.15, 0.2) is 48.7 Å². The number of benzene rings is 2. The van der Waals surface area contributed by atoms with Crippen LogP contribution in [0.5, 0.6) is 5.75 Å². The molecule has 0 saturated heterocycles. The van der Waals surface area contributed by atoms with Gasteiger partial charge < -0.3 is 14.4 Å². The van der Waals surface area contributed by atoms with Gasteiger partial charge in [-0.3, -0.25) is 0 Å². The fraction of sp³-hybridized carbons (Fsp3) is 0.211. The van der Waals surface area contributed by atoms with Gasteiger partial charge in [-0.15, -0.1) is 0 Å². The SMILES string of the molecule is CCn1cc(COc2ccccc2C)c2c(C(=O)O)cccc21. The van der Waals surface area contributed by atoms with Crippen molar-refractivity contribution in [2.24, 2.45) is 0 Å². The molecule has 0 aliphatic carbocycles. The molecule has 0 unspecified atom stereocenters. The number of hydrogen-bond acceptors (Lipinski definition) is 2. The highest BCUT2D eigenvalue weighted by molar-refractivity contribution is 6.04. The van der Waals surface area contributed by atoms with Gasteiger partial charge in [-0.1, -0.05) is 24.3 Å². The molecular formula is C19H19NO3. The summed E-state index contributed by atoms with van der Waals surface area (Å²) in [5.74, 6) is -0.0979. The molecule has 1 N–H and O–H groups in total. The molecule has 0 aliphatic rings. The van der Waals surface area contributed by atoms with Crippen LogP contribution in [0.1, 0.15) is 28.4 Å². The highest BCUT2D eigenvalue weighted by Gasteiger charge is 2.16. The van der Waals surface area contributed by atoms with Crippen molar-refractivity contribution in [3.05, 3.63) is 65.4 Å². The van der Waals surface area contributed by atoms with E-state index in [0.29, 0.717) is 12.2 Å². The van der Waals surface area contributed by atoms with E-state index >= 15 is 0 Å². The lowest BCUT2D eigenvalue weighted by Crippen LogP contribution is -2.00. The van der Waals surface area contributed by atoms with Crippen molar-refractivity contribution >= 4 is 16.9 Å². The molecule has 0 amide bonds. The van der Waals surface area contributed by atoms with Crippen molar-refractivity contribution in [3.8, 4) is 5.75 Å². The van der Waals surface area contributed by atoms with Crippen LogP contribution in [-0.2, 0) is 13.2 Å². The van der Waals surface area contributed by atoms with Crippen molar-refractivity contribution in [1.82, 2.24) is 4.57 Å². The number of nitrogens with zero attached hydrogens (tertiary/aromatic N) is 1. The average molecular weight is 309 g/mol. The van der Waals surface area contributed by atoms with Crippen LogP contribution in [0.25, 0.3) is 10.9 Å². The average Bonchev–Trinajstić information content (AvgIpc) is 2.92. The zero-order chi connectivity index (χ0) is 16.4. The maximum Gasteiger partial charge on any atom is 0.336 e. The van der Waals surface area contributed by atoms with Gasteiger partial charge in [0.15, 0.2) is 0 Å². The Morgan fingerprint density at radius 1 is 1.17 bits per heavy atom. The molecule has 1 heterocycles. The van der Waals surface area contributed by atoms with E-state index in [9.17, 15) is 9.90 Å². The fourth-order valence-corrected chi connectivity index (χ4v) is 2.86. The Morgan fingerprint density at radius 3 is 2.65 bits per heavy atom. The summed E-state index contributed by atoms with van der Waals surface area (Å²) in [5.41, 5.74) is 3.20. The smallest absolute Gasteiger partial charge is 0.336 e. The third kappa shape index (κ3) is 2.80. The topological polar surface area (TPSA) is 51.5 Å². The molecule has 3 aromatic rings. The Labute approximate surface area is 134 Å². The van der Waals surface area contributed by atoms with E-state index in [1.807, 2.05) is 50.4 Å². The molecular weight excluding hydrogens is 290 g/mol. The molecule has 3 rings (SSSR count). The molecule has 0 aliphatic heterocycles. The van der Waals surface area contributed by atoms with Gasteiger partial charge in [0.25, 0.3) is 0 Å². The number of ether oxygens (including phenoxy) is 1. The van der Waals surface area contributed by atoms with E-state index in [1.165, 1.54) is 0 Å². The van der Waals surface area contributed by atoms with Crippen LogP contribution in [0.3, 0.4) is 0 Å². The lowest BCUT2D eigenvalue weighted by Gasteiger charge is -2.08. The molecule has 1 aromatic heterocycles. The number of aromatic nitrogens is 1. The summed E-state index contributed by atoms with van der Waals surface area (Å²) in [5, 5.41) is 10.2. The fourth-order valence-electron chi connectivity index (χ4n) is 2.86. The number of aromatic carboxylic acids is 1. The lowest BCUT2D eigenvalue weighted by molar-refractivity contribution is 0.0699. The molecule has 0 atom stereocenters. The molecule has 0 saturated carbocycles. The maximum absolute atomic E-state index is 11.5. The Balaban J connectivity index is 2.03. The maximum atomic E-state index is 11.5. The first-order valence-electron chi connectivity index (χ1n) is 7.64. The third-order valence-corrected chi connectivity index (χ3v) is 4.03. The highest BCUT2D eigenvalue weighted by Crippen LogP contribution is 2.27. The Bertz CT molecular complexity index is 864. The molecule has 0 radical (unpaired) electrons. The first kappa shape index (κ1) is 15.2. The van der Waals surface area contributed by atoms with Gasteiger partial charge in [-0.2, -0.15) is 0 Å². The number of fused-ring (bicyclic) bond motifs is 1. The highest BCUT2D eigenvalue weighted by atomic mass is 16.5. The number of carboxylic acids is 1. The molecule has 0 spiro atoms. The number of carbonyl (C=O) groups is 1. The zero-order valence-corrected chi connectivity index (χ0v) is 13.2. The first-order chi connectivity index (χ1) is 11.1. The van der Waals surface area contributed by atoms with Crippen LogP contribution >= 0.6 is 0 Å². The number of aryl methyl sites for hydroxylation is 2. The van der Waals surface area contributed by atoms with Crippen molar-refractivity contribution in [3.63, 3.8) is 0 Å². The Hall–Kier alpha value is -2.75. The summed E-state index contributed by atoms with van der Waals surface area (Å²) in [7, 11) is 0. The van der Waals surface area contributed by atoms with Gasteiger partial charge in [-0.05, 0) is 37.6 Å². The Morgan fingerprint density at radius 2 is 1.96 bits per heavy atom. The van der Waals surface area contributed by atoms with Crippen LogP contribution < -0.4 is 4.74 Å². The minimum Gasteiger partial charge on any atom is -0.489 e. The monoisotopic (exact) mass is 309 g/mol. The number of hydrogen-bond donors (Lipinski definition) is 1. The number of rotatable bonds is 5. The summed E-state index contributed by atoms with van der Waals surface area (Å²) in [6.45, 7) is 5.16. The second kappa shape index (κ2) is 6.16. The van der Waals surface area contributed by atoms with Crippen LogP contribution in [-0.4, -0.2) is 15.6 Å². The van der Waals surface area contributed by atoms with Crippen LogP contribution in [0.2, 0.25) is 0 Å². The number of para-hydroxylation sites is 1. The molecule has 118 valence electrons. The third-order valence-electron chi connectivity index (χ3n) is 4.03. The standard InChI is InChI=1S/C19H19NO3/c1-3-20-11-14(12-23-17-10-5-4-7-13(17)2)18-15(19(21)22)8-6-9-16(18)20/h4-11H,3,12H2,1-2H3,(H,21,22). The van der Waals surface area contributed by atoms with E-state index < -0.39 is 5.97 Å². The molecule has 23 heavy (non-hydrogen) atoms. The van der Waals surface area contributed by atoms with Crippen LogP contribution in [0.4, 0.5) is 0 Å². The summed E-state index contributed by atoms with van der Waals surface area (Å²) < 4.78 is 7.97. The molecule has 0 bridgehead atoms. The zero-order valence-electron chi connectivity index (χ0n) is 13.2. The van der Waals surface area contributed by atoms with Gasteiger partial charge in [0.1, 0.15) is 12.4 Å². The van der Waals surface area contributed by atoms with E-state index in [-0.39, 0.29) is 0 Å². The molecule has 0 fully saturated rings. The van der Waals surface area contributed by atoms with Crippen molar-refractivity contribution in [2.75, 3.05) is 0 Å². The van der Waals surface area contributed by atoms with E-state index in [0.717, 1.165) is 34.3 Å². The summed E-state index contributed by atoms with van der Waals surface area (Å²) in [4.78, 5) is 11.5. The summed E-state index contributed by atoms with van der Waals surface area (Å²) in [6.07, 6.45) is 1.98. The van der Waals surface area contributed by atoms with Gasteiger partial charge in [0.2, 0.25) is 0 Å². The predicted octanol–water partition coefficient (Wildman–Crippen LogP) is 4.25. The van der Waals surface area contributed by atoms with Crippen molar-refractivity contribution < 1.29 is 14.6 Å². The van der Waals surface area contributed by atoms with E-state index in [4.69, 9.17) is 4.74 Å². The van der Waals surface area contributed by atoms with Gasteiger partial charge in [-0.25, -0.2) is 4.79 Å².